The maximum atomic E-state index is 11.0. The van der Waals surface area contributed by atoms with Gasteiger partial charge in [-0.3, -0.25) is 0 Å². The summed E-state index contributed by atoms with van der Waals surface area (Å²) in [6, 6.07) is 0. The zero-order chi connectivity index (χ0) is 15.5. The Bertz CT molecular complexity index is 278. The van der Waals surface area contributed by atoms with Crippen molar-refractivity contribution in [1.29, 1.82) is 0 Å². The summed E-state index contributed by atoms with van der Waals surface area (Å²) in [4.78, 5) is 9.00. The Labute approximate surface area is 127 Å². The van der Waals surface area contributed by atoms with Crippen LogP contribution in [0.2, 0.25) is 0 Å². The first-order valence-electron chi connectivity index (χ1n) is 7.31. The smallest absolute Gasteiger partial charge is 0.383 e. The van der Waals surface area contributed by atoms with Gasteiger partial charge < -0.3 is 19.6 Å². The average Bonchev–Trinajstić information content (AvgIpc) is 2.41. The van der Waals surface area contributed by atoms with E-state index in [1.165, 1.54) is 25.7 Å². The monoisotopic (exact) mass is 328 g/mol. The van der Waals surface area contributed by atoms with Crippen molar-refractivity contribution >= 4 is 19.0 Å². The molecule has 0 radical (unpaired) electrons. The molecule has 0 amide bonds. The Morgan fingerprint density at radius 1 is 1.05 bits per heavy atom. The van der Waals surface area contributed by atoms with Crippen LogP contribution in [0.25, 0.3) is 0 Å². The van der Waals surface area contributed by atoms with Crippen molar-refractivity contribution in [2.75, 3.05) is 19.8 Å². The highest BCUT2D eigenvalue weighted by Gasteiger charge is 2.31. The van der Waals surface area contributed by atoms with Crippen molar-refractivity contribution in [3.8, 4) is 0 Å². The van der Waals surface area contributed by atoms with Gasteiger partial charge in [-0.2, -0.15) is 0 Å². The Balaban J connectivity index is 3.97. The highest BCUT2D eigenvalue weighted by Crippen LogP contribution is 2.48. The predicted octanol–water partition coefficient (Wildman–Crippen LogP) is 3.14. The van der Waals surface area contributed by atoms with E-state index in [4.69, 9.17) is 9.42 Å². The third-order valence-corrected chi connectivity index (χ3v) is 4.33. The Kier molecular flexibility index (Phi) is 11.3. The molecule has 0 aliphatic heterocycles. The van der Waals surface area contributed by atoms with Crippen LogP contribution in [0.5, 0.6) is 0 Å². The van der Waals surface area contributed by atoms with Crippen molar-refractivity contribution in [2.24, 2.45) is 5.41 Å². The van der Waals surface area contributed by atoms with Gasteiger partial charge in [-0.05, 0) is 6.42 Å². The molecular weight excluding hydrogens is 299 g/mol. The highest BCUT2D eigenvalue weighted by atomic mass is 32.7. The molecule has 0 saturated heterocycles. The van der Waals surface area contributed by atoms with Gasteiger partial charge in [-0.1, -0.05) is 64.1 Å². The van der Waals surface area contributed by atoms with E-state index in [2.05, 4.69) is 19.2 Å². The maximum Gasteiger partial charge on any atom is 0.383 e. The second-order valence-electron chi connectivity index (χ2n) is 5.45. The molecule has 0 aromatic heterocycles. The quantitative estimate of drug-likeness (QED) is 0.237. The van der Waals surface area contributed by atoms with Crippen LogP contribution in [0.15, 0.2) is 0 Å². The summed E-state index contributed by atoms with van der Waals surface area (Å²) in [5, 5.41) is 18.8. The van der Waals surface area contributed by atoms with E-state index in [9.17, 15) is 14.8 Å². The van der Waals surface area contributed by atoms with Gasteiger partial charge in [-0.15, -0.1) is 0 Å². The van der Waals surface area contributed by atoms with Gasteiger partial charge >= 0.3 is 6.80 Å². The number of hydrogen-bond donors (Lipinski definition) is 4. The standard InChI is InChI=1S/C13H29O5PS/c1-2-3-4-5-6-7-8-9-13(10-14,11-15)12-18-19(16,17)20/h14-15H,2-12H2,1H3,(H2,16,17,20). The third-order valence-electron chi connectivity index (χ3n) is 3.52. The van der Waals surface area contributed by atoms with Crippen LogP contribution in [0, 0.1) is 5.41 Å². The fourth-order valence-electron chi connectivity index (χ4n) is 2.05. The summed E-state index contributed by atoms with van der Waals surface area (Å²) >= 11 is 3.43. The third kappa shape index (κ3) is 10.2. The molecule has 3 N–H and O–H groups in total. The van der Waals surface area contributed by atoms with Crippen molar-refractivity contribution in [3.63, 3.8) is 0 Å². The second kappa shape index (κ2) is 11.0. The molecule has 0 aliphatic carbocycles. The molecule has 0 rings (SSSR count). The molecule has 1 unspecified atom stereocenters. The predicted molar refractivity (Wildman–Crippen MR) is 84.0 cm³/mol. The summed E-state index contributed by atoms with van der Waals surface area (Å²) in [6.07, 6.45) is 8.54. The molecule has 20 heavy (non-hydrogen) atoms. The van der Waals surface area contributed by atoms with Crippen molar-refractivity contribution in [3.05, 3.63) is 0 Å². The zero-order valence-corrected chi connectivity index (χ0v) is 14.1. The molecule has 0 aromatic rings. The Hall–Kier alpha value is 0.420. The first-order valence-corrected chi connectivity index (χ1v) is 10.0. The van der Waals surface area contributed by atoms with Gasteiger partial charge in [0.2, 0.25) is 0 Å². The van der Waals surface area contributed by atoms with Crippen LogP contribution < -0.4 is 0 Å². The van der Waals surface area contributed by atoms with Crippen LogP contribution >= 0.6 is 19.0 Å². The van der Waals surface area contributed by atoms with Gasteiger partial charge in [0.1, 0.15) is 0 Å². The molecule has 122 valence electrons. The minimum atomic E-state index is -3.87. The molecule has 5 nitrogen and oxygen atoms in total. The van der Waals surface area contributed by atoms with Crippen molar-refractivity contribution in [1.82, 2.24) is 0 Å². The summed E-state index contributed by atoms with van der Waals surface area (Å²) in [5.74, 6) is 0. The molecule has 0 bridgehead atoms. The first kappa shape index (κ1) is 20.4. The normalized spacial score (nSPS) is 15.2. The Morgan fingerprint density at radius 2 is 1.55 bits per heavy atom. The summed E-state index contributed by atoms with van der Waals surface area (Å²) < 4.78 is 15.7. The lowest BCUT2D eigenvalue weighted by atomic mass is 9.85. The molecule has 0 heterocycles. The van der Waals surface area contributed by atoms with Crippen LogP contribution in [0.4, 0.5) is 0 Å². The van der Waals surface area contributed by atoms with E-state index in [1.54, 1.807) is 0 Å². The Morgan fingerprint density at radius 3 is 2.00 bits per heavy atom. The minimum absolute atomic E-state index is 0.160. The number of thiol groups is 1. The number of aliphatic hydroxyl groups excluding tert-OH is 2. The number of rotatable bonds is 13. The van der Waals surface area contributed by atoms with Gasteiger partial charge in [0, 0.05) is 5.41 Å². The summed E-state index contributed by atoms with van der Waals surface area (Å²) in [6.45, 7) is -2.40. The van der Waals surface area contributed by atoms with E-state index in [1.807, 2.05) is 0 Å². The lowest BCUT2D eigenvalue weighted by molar-refractivity contribution is 0.00474. The lowest BCUT2D eigenvalue weighted by Gasteiger charge is -2.29. The SMILES string of the molecule is CCCCCCCCCC(CO)(CO)COP(=O)(O)S. The molecule has 0 fully saturated rings. The highest BCUT2D eigenvalue weighted by molar-refractivity contribution is 8.44. The summed E-state index contributed by atoms with van der Waals surface area (Å²) in [7, 11) is 0. The largest absolute Gasteiger partial charge is 0.396 e. The van der Waals surface area contributed by atoms with Crippen molar-refractivity contribution < 1.29 is 24.2 Å². The lowest BCUT2D eigenvalue weighted by Crippen LogP contribution is -2.34. The molecular formula is C13H29O5PS. The number of unbranched alkanes of at least 4 members (excludes halogenated alkanes) is 6. The molecule has 0 spiro atoms. The second-order valence-corrected chi connectivity index (χ2v) is 8.21. The minimum Gasteiger partial charge on any atom is -0.396 e. The molecule has 1 atom stereocenters. The van der Waals surface area contributed by atoms with E-state index in [0.29, 0.717) is 6.42 Å². The fraction of sp³-hybridized carbons (Fsp3) is 1.00. The van der Waals surface area contributed by atoms with Crippen LogP contribution in [-0.4, -0.2) is 34.9 Å². The zero-order valence-electron chi connectivity index (χ0n) is 12.3. The van der Waals surface area contributed by atoms with Crippen LogP contribution in [-0.2, 0) is 9.09 Å². The van der Waals surface area contributed by atoms with Gasteiger partial charge in [0.25, 0.3) is 0 Å². The number of hydrogen-bond acceptors (Lipinski definition) is 4. The summed E-state index contributed by atoms with van der Waals surface area (Å²) in [5.41, 5.74) is -0.857. The fourth-order valence-corrected chi connectivity index (χ4v) is 2.66. The first-order chi connectivity index (χ1) is 9.39. The van der Waals surface area contributed by atoms with Gasteiger partial charge in [0.05, 0.1) is 19.8 Å². The van der Waals surface area contributed by atoms with Crippen molar-refractivity contribution in [2.45, 2.75) is 58.3 Å². The van der Waals surface area contributed by atoms with Crippen LogP contribution in [0.1, 0.15) is 58.3 Å². The van der Waals surface area contributed by atoms with E-state index >= 15 is 0 Å². The number of aliphatic hydroxyl groups is 2. The molecule has 7 heteroatoms. The van der Waals surface area contributed by atoms with E-state index < -0.39 is 12.2 Å². The topological polar surface area (TPSA) is 87.0 Å². The van der Waals surface area contributed by atoms with Gasteiger partial charge in [-0.25, -0.2) is 4.57 Å². The molecule has 0 aliphatic rings. The van der Waals surface area contributed by atoms with E-state index in [0.717, 1.165) is 19.3 Å². The van der Waals surface area contributed by atoms with E-state index in [-0.39, 0.29) is 19.8 Å². The maximum absolute atomic E-state index is 11.0. The molecule has 0 saturated carbocycles. The average molecular weight is 328 g/mol. The van der Waals surface area contributed by atoms with Gasteiger partial charge in [0.15, 0.2) is 0 Å². The molecule has 0 aromatic carbocycles. The van der Waals surface area contributed by atoms with Crippen LogP contribution in [0.3, 0.4) is 0 Å².